The highest BCUT2D eigenvalue weighted by molar-refractivity contribution is 6.10. The third-order valence-corrected chi connectivity index (χ3v) is 14.2. The van der Waals surface area contributed by atoms with E-state index in [9.17, 15) is 4.11 Å². The van der Waals surface area contributed by atoms with Gasteiger partial charge in [-0.05, 0) is 135 Å². The number of hydrogen-bond donors (Lipinski definition) is 0. The second-order valence-corrected chi connectivity index (χ2v) is 21.1. The zero-order chi connectivity index (χ0) is 57.3. The van der Waals surface area contributed by atoms with Crippen LogP contribution in [0, 0.1) is 0 Å². The Bertz CT molecular complexity index is 4420. The molecule has 6 nitrogen and oxygen atoms in total. The van der Waals surface area contributed by atoms with Crippen molar-refractivity contribution in [3.63, 3.8) is 0 Å². The van der Waals surface area contributed by atoms with E-state index in [1.807, 2.05) is 72.8 Å². The fraction of sp³-hybridized carbons (Fsp3) is 0.132. The monoisotopic (exact) mass is 968 g/mol. The average molecular weight is 969 g/mol. The molecule has 0 fully saturated rings. The highest BCUT2D eigenvalue weighted by Crippen LogP contribution is 2.52. The number of para-hydroxylation sites is 2. The summed E-state index contributed by atoms with van der Waals surface area (Å²) in [5.74, 6) is 2.69. The predicted octanol–water partition coefficient (Wildman–Crippen LogP) is 18.6. The Kier molecular flexibility index (Phi) is 8.70. The number of benzene rings is 9. The van der Waals surface area contributed by atoms with Crippen LogP contribution in [0.3, 0.4) is 0 Å². The van der Waals surface area contributed by atoms with Gasteiger partial charge < -0.3 is 19.3 Å². The summed E-state index contributed by atoms with van der Waals surface area (Å²) in [7, 11) is 0. The van der Waals surface area contributed by atoms with E-state index < -0.39 is 41.7 Å². The van der Waals surface area contributed by atoms with Crippen molar-refractivity contribution in [1.82, 2.24) is 9.55 Å². The van der Waals surface area contributed by atoms with Crippen LogP contribution >= 0.6 is 0 Å². The molecule has 0 unspecified atom stereocenters. The Morgan fingerprint density at radius 2 is 1.12 bits per heavy atom. The molecule has 360 valence electrons. The molecule has 4 aliphatic heterocycles. The van der Waals surface area contributed by atoms with E-state index in [2.05, 4.69) is 136 Å². The number of anilines is 4. The topological polar surface area (TPSA) is 42.8 Å². The Hall–Kier alpha value is -8.87. The molecule has 0 saturated carbocycles. The van der Waals surface area contributed by atoms with Gasteiger partial charge >= 0.3 is 0 Å². The van der Waals surface area contributed by atoms with Gasteiger partial charge in [0.1, 0.15) is 35.5 Å². The number of rotatable bonds is 2. The second-order valence-electron chi connectivity index (χ2n) is 21.1. The number of nitrogens with zero attached hydrogens (tertiary/aromatic N) is 4. The van der Waals surface area contributed by atoms with Gasteiger partial charge in [-0.3, -0.25) is 4.57 Å². The first-order chi connectivity index (χ1) is 39.2. The van der Waals surface area contributed by atoms with Crippen molar-refractivity contribution in [1.29, 1.82) is 0 Å². The molecule has 0 spiro atoms. The molecular weight excluding hydrogens is 905 g/mol. The minimum Gasteiger partial charge on any atom is -0.457 e. The Morgan fingerprint density at radius 3 is 1.86 bits per heavy atom. The third-order valence-electron chi connectivity index (χ3n) is 14.2. The lowest BCUT2D eigenvalue weighted by molar-refractivity contribution is 0.483. The van der Waals surface area contributed by atoms with Crippen LogP contribution in [0.4, 0.5) is 22.7 Å². The lowest BCUT2D eigenvalue weighted by Gasteiger charge is -2.30. The molecule has 11 aromatic rings. The van der Waals surface area contributed by atoms with Gasteiger partial charge in [0.15, 0.2) is 0 Å². The van der Waals surface area contributed by atoms with Crippen LogP contribution in [0.25, 0.3) is 72.1 Å². The summed E-state index contributed by atoms with van der Waals surface area (Å²) in [4.78, 5) is 9.86. The van der Waals surface area contributed by atoms with Crippen LogP contribution in [-0.2, 0) is 10.8 Å². The van der Waals surface area contributed by atoms with Gasteiger partial charge in [-0.15, -0.1) is 0 Å². The Labute approximate surface area is 444 Å². The summed E-state index contributed by atoms with van der Waals surface area (Å²) in [6.07, 6.45) is 1.81. The molecule has 0 amide bonds. The smallest absolute Gasteiger partial charge is 0.137 e. The number of hydrogen-bond acceptors (Lipinski definition) is 5. The van der Waals surface area contributed by atoms with Crippen molar-refractivity contribution in [2.75, 3.05) is 16.5 Å². The standard InChI is InChI=1S/C68H56N4O2/c1-67(2,3)49-37-57(45-19-11-8-12-20-45)66-58(38-49)46-27-30-51(31-28-46)73-52-23-15-21-48(35-52)59-42-69-65(41-60(59)68(4,5)6)72-63-36-47(44-17-9-7-10-18-44)29-33-55(63)56-34-32-54(40-64(56)72)74-53-24-16-22-50(39-53)70-43-71(66)62-26-14-13-25-61(62)70/h7-42H,43H2,1-6H3/i7D,9D,10D,17D,18D,29D,33D,36D. The molecule has 0 aliphatic carbocycles. The minimum absolute atomic E-state index is 0.175. The molecule has 9 aromatic carbocycles. The van der Waals surface area contributed by atoms with Crippen molar-refractivity contribution in [2.24, 2.45) is 0 Å². The lowest BCUT2D eigenvalue weighted by Crippen LogP contribution is -2.25. The maximum Gasteiger partial charge on any atom is 0.137 e. The minimum atomic E-state index is -0.602. The first-order valence-electron chi connectivity index (χ1n) is 29.0. The quantitative estimate of drug-likeness (QED) is 0.173. The van der Waals surface area contributed by atoms with E-state index in [1.54, 1.807) is 16.8 Å². The number of pyridine rings is 1. The summed E-state index contributed by atoms with van der Waals surface area (Å²) in [5, 5.41) is 0.806. The van der Waals surface area contributed by atoms with E-state index >= 15 is 0 Å². The van der Waals surface area contributed by atoms with Crippen molar-refractivity contribution < 1.29 is 20.4 Å². The summed E-state index contributed by atoms with van der Waals surface area (Å²) in [6.45, 7) is 13.6. The fourth-order valence-corrected chi connectivity index (χ4v) is 10.5. The molecule has 74 heavy (non-hydrogen) atoms. The van der Waals surface area contributed by atoms with Gasteiger partial charge in [-0.1, -0.05) is 157 Å². The molecule has 0 N–H and O–H groups in total. The van der Waals surface area contributed by atoms with Gasteiger partial charge in [0.2, 0.25) is 0 Å². The zero-order valence-corrected chi connectivity index (χ0v) is 42.0. The van der Waals surface area contributed by atoms with Crippen molar-refractivity contribution in [2.45, 2.75) is 52.4 Å². The summed E-state index contributed by atoms with van der Waals surface area (Å²) < 4.78 is 87.8. The van der Waals surface area contributed by atoms with Gasteiger partial charge in [-0.2, -0.15) is 0 Å². The second kappa shape index (κ2) is 17.4. The molecule has 6 heterocycles. The molecule has 4 aliphatic rings. The van der Waals surface area contributed by atoms with Gasteiger partial charge in [0.25, 0.3) is 0 Å². The molecule has 0 saturated heterocycles. The zero-order valence-electron chi connectivity index (χ0n) is 50.0. The normalized spacial score (nSPS) is 14.6. The van der Waals surface area contributed by atoms with Crippen LogP contribution < -0.4 is 19.3 Å². The Morgan fingerprint density at radius 1 is 0.473 bits per heavy atom. The fourth-order valence-electron chi connectivity index (χ4n) is 10.5. The highest BCUT2D eigenvalue weighted by atomic mass is 16.5. The van der Waals surface area contributed by atoms with E-state index in [0.717, 1.165) is 61.7 Å². The summed E-state index contributed by atoms with van der Waals surface area (Å²) >= 11 is 0. The number of aromatic nitrogens is 2. The molecule has 2 aromatic heterocycles. The van der Waals surface area contributed by atoms with Crippen LogP contribution in [0.5, 0.6) is 23.0 Å². The molecular formula is C68H56N4O2. The molecule has 12 bridgehead atoms. The third kappa shape index (κ3) is 7.95. The first-order valence-corrected chi connectivity index (χ1v) is 25.0. The molecule has 0 radical (unpaired) electrons. The largest absolute Gasteiger partial charge is 0.457 e. The van der Waals surface area contributed by atoms with Crippen LogP contribution in [0.15, 0.2) is 218 Å². The van der Waals surface area contributed by atoms with Crippen molar-refractivity contribution in [3.05, 3.63) is 229 Å². The van der Waals surface area contributed by atoms with Crippen LogP contribution in [-0.4, -0.2) is 16.2 Å². The maximum absolute atomic E-state index is 10.0. The molecule has 15 rings (SSSR count). The number of fused-ring (bicyclic) bond motifs is 5. The Balaban J connectivity index is 1.07. The molecule has 0 atom stereocenters. The summed E-state index contributed by atoms with van der Waals surface area (Å²) in [5.41, 5.74) is 11.6. The van der Waals surface area contributed by atoms with E-state index in [4.69, 9.17) is 21.3 Å². The SMILES string of the molecule is [2H]c1c([2H])c([2H])c(-c2c([2H])c([2H])c3c4ccc5cc4n(c3c2[2H])-c2cc(C(C)(C)C)c(cn2)-c2cccc(c2)Oc2ccc(cc2)-c2cc(C(C)(C)C)cc(-c3ccccc3)c2N2CN(c3cccc(c3)O5)c3ccccc32)c([2H])c1[2H]. The van der Waals surface area contributed by atoms with Crippen LogP contribution in [0.2, 0.25) is 0 Å². The van der Waals surface area contributed by atoms with Gasteiger partial charge in [0, 0.05) is 51.5 Å². The van der Waals surface area contributed by atoms with E-state index in [1.165, 1.54) is 5.56 Å². The lowest BCUT2D eigenvalue weighted by atomic mass is 9.82. The van der Waals surface area contributed by atoms with E-state index in [0.29, 0.717) is 46.4 Å². The van der Waals surface area contributed by atoms with Crippen molar-refractivity contribution in [3.8, 4) is 73.3 Å². The first kappa shape index (κ1) is 37.0. The van der Waals surface area contributed by atoms with Crippen molar-refractivity contribution >= 4 is 44.6 Å². The highest BCUT2D eigenvalue weighted by Gasteiger charge is 2.33. The predicted molar refractivity (Wildman–Crippen MR) is 306 cm³/mol. The molecule has 6 heteroatoms. The maximum atomic E-state index is 10.0. The van der Waals surface area contributed by atoms with Gasteiger partial charge in [-0.25, -0.2) is 4.98 Å². The van der Waals surface area contributed by atoms with E-state index in [-0.39, 0.29) is 39.5 Å². The van der Waals surface area contributed by atoms with Gasteiger partial charge in [0.05, 0.1) is 39.1 Å². The van der Waals surface area contributed by atoms with Crippen LogP contribution in [0.1, 0.15) is 63.6 Å². The number of ether oxygens (including phenoxy) is 2. The average Bonchev–Trinajstić information content (AvgIpc) is 2.59. The summed E-state index contributed by atoms with van der Waals surface area (Å²) in [6, 6.07) is 51.5.